The molecule has 2 N–H and O–H groups in total. The van der Waals surface area contributed by atoms with Gasteiger partial charge in [-0.15, -0.1) is 0 Å². The molecule has 6 heteroatoms. The number of anilines is 2. The molecule has 0 amide bonds. The normalized spacial score (nSPS) is 10.3. The second-order valence-corrected chi connectivity index (χ2v) is 4.29. The van der Waals surface area contributed by atoms with Crippen LogP contribution in [0.3, 0.4) is 0 Å². The summed E-state index contributed by atoms with van der Waals surface area (Å²) in [5, 5.41) is 12.2. The second-order valence-electron chi connectivity index (χ2n) is 4.29. The topological polar surface area (TPSA) is 74.2 Å². The van der Waals surface area contributed by atoms with Gasteiger partial charge in [-0.05, 0) is 23.8 Å². The molecule has 0 saturated heterocycles. The van der Waals surface area contributed by atoms with Crippen LogP contribution < -0.4 is 10.2 Å². The van der Waals surface area contributed by atoms with E-state index in [0.29, 0.717) is 18.2 Å². The summed E-state index contributed by atoms with van der Waals surface area (Å²) >= 11 is 0. The molecule has 0 spiro atoms. The van der Waals surface area contributed by atoms with E-state index < -0.39 is 0 Å². The van der Waals surface area contributed by atoms with Gasteiger partial charge in [0, 0.05) is 33.0 Å². The SMILES string of the molecule is CN(C)c1cc(CNc2ccnc(CO)n2)ccn1. The molecular formula is C13H17N5O. The monoisotopic (exact) mass is 259 g/mol. The van der Waals surface area contributed by atoms with Crippen LogP contribution in [0, 0.1) is 0 Å². The van der Waals surface area contributed by atoms with Crippen LogP contribution >= 0.6 is 0 Å². The van der Waals surface area contributed by atoms with Gasteiger partial charge in [-0.25, -0.2) is 15.0 Å². The molecule has 0 aromatic carbocycles. The fourth-order valence-corrected chi connectivity index (χ4v) is 1.58. The van der Waals surface area contributed by atoms with Gasteiger partial charge >= 0.3 is 0 Å². The van der Waals surface area contributed by atoms with Crippen molar-refractivity contribution in [1.29, 1.82) is 0 Å². The van der Waals surface area contributed by atoms with Gasteiger partial charge in [0.05, 0.1) is 0 Å². The number of hydrogen-bond acceptors (Lipinski definition) is 6. The predicted octanol–water partition coefficient (Wildman–Crippen LogP) is 1.04. The molecule has 0 aliphatic rings. The van der Waals surface area contributed by atoms with Crippen LogP contribution in [0.2, 0.25) is 0 Å². The summed E-state index contributed by atoms with van der Waals surface area (Å²) in [5.74, 6) is 2.02. The van der Waals surface area contributed by atoms with Gasteiger partial charge in [0.25, 0.3) is 0 Å². The molecule has 2 aromatic heterocycles. The number of aliphatic hydroxyl groups is 1. The molecule has 0 unspecified atom stereocenters. The maximum Gasteiger partial charge on any atom is 0.156 e. The van der Waals surface area contributed by atoms with Gasteiger partial charge in [0.1, 0.15) is 18.2 Å². The van der Waals surface area contributed by atoms with E-state index in [1.165, 1.54) is 0 Å². The highest BCUT2D eigenvalue weighted by Gasteiger charge is 2.01. The maximum absolute atomic E-state index is 8.98. The van der Waals surface area contributed by atoms with E-state index in [1.807, 2.05) is 31.1 Å². The number of aliphatic hydroxyl groups excluding tert-OH is 1. The summed E-state index contributed by atoms with van der Waals surface area (Å²) < 4.78 is 0. The third-order valence-corrected chi connectivity index (χ3v) is 2.59. The van der Waals surface area contributed by atoms with Gasteiger partial charge < -0.3 is 15.3 Å². The van der Waals surface area contributed by atoms with E-state index in [-0.39, 0.29) is 6.61 Å². The lowest BCUT2D eigenvalue weighted by atomic mass is 10.2. The molecular weight excluding hydrogens is 242 g/mol. The maximum atomic E-state index is 8.98. The summed E-state index contributed by atoms with van der Waals surface area (Å²) in [6.45, 7) is 0.487. The molecule has 0 radical (unpaired) electrons. The number of nitrogens with one attached hydrogen (secondary N) is 1. The summed E-state index contributed by atoms with van der Waals surface area (Å²) in [6.07, 6.45) is 3.41. The molecule has 2 rings (SSSR count). The first kappa shape index (κ1) is 13.2. The van der Waals surface area contributed by atoms with Crippen LogP contribution in [-0.2, 0) is 13.2 Å². The van der Waals surface area contributed by atoms with Crippen molar-refractivity contribution in [2.75, 3.05) is 24.3 Å². The first-order chi connectivity index (χ1) is 9.19. The lowest BCUT2D eigenvalue weighted by Gasteiger charge is -2.12. The highest BCUT2D eigenvalue weighted by atomic mass is 16.3. The van der Waals surface area contributed by atoms with Gasteiger partial charge in [-0.1, -0.05) is 0 Å². The minimum absolute atomic E-state index is 0.157. The fraction of sp³-hybridized carbons (Fsp3) is 0.308. The molecule has 100 valence electrons. The highest BCUT2D eigenvalue weighted by Crippen LogP contribution is 2.11. The van der Waals surface area contributed by atoms with E-state index in [4.69, 9.17) is 5.11 Å². The van der Waals surface area contributed by atoms with E-state index in [1.54, 1.807) is 18.5 Å². The summed E-state index contributed by atoms with van der Waals surface area (Å²) in [4.78, 5) is 14.3. The zero-order chi connectivity index (χ0) is 13.7. The number of hydrogen-bond donors (Lipinski definition) is 2. The average molecular weight is 259 g/mol. The first-order valence-electron chi connectivity index (χ1n) is 5.98. The fourth-order valence-electron chi connectivity index (χ4n) is 1.58. The van der Waals surface area contributed by atoms with Crippen molar-refractivity contribution in [3.63, 3.8) is 0 Å². The molecule has 2 aromatic rings. The third-order valence-electron chi connectivity index (χ3n) is 2.59. The van der Waals surface area contributed by atoms with E-state index in [0.717, 1.165) is 11.4 Å². The molecule has 19 heavy (non-hydrogen) atoms. The minimum atomic E-state index is -0.157. The largest absolute Gasteiger partial charge is 0.388 e. The van der Waals surface area contributed by atoms with Crippen LogP contribution in [0.25, 0.3) is 0 Å². The van der Waals surface area contributed by atoms with Gasteiger partial charge in [0.15, 0.2) is 5.82 Å². The van der Waals surface area contributed by atoms with Crippen LogP contribution in [-0.4, -0.2) is 34.2 Å². The molecule has 0 saturated carbocycles. The Morgan fingerprint density at radius 2 is 2.00 bits per heavy atom. The Hall–Kier alpha value is -2.21. The van der Waals surface area contributed by atoms with Gasteiger partial charge in [-0.3, -0.25) is 0 Å². The van der Waals surface area contributed by atoms with Crippen molar-refractivity contribution in [2.45, 2.75) is 13.2 Å². The van der Waals surface area contributed by atoms with Crippen LogP contribution in [0.4, 0.5) is 11.6 Å². The quantitative estimate of drug-likeness (QED) is 0.836. The van der Waals surface area contributed by atoms with Crippen LogP contribution in [0.15, 0.2) is 30.6 Å². The molecule has 2 heterocycles. The predicted molar refractivity (Wildman–Crippen MR) is 73.8 cm³/mol. The van der Waals surface area contributed by atoms with Crippen molar-refractivity contribution in [1.82, 2.24) is 15.0 Å². The molecule has 0 aliphatic heterocycles. The second kappa shape index (κ2) is 6.10. The highest BCUT2D eigenvalue weighted by molar-refractivity contribution is 5.41. The number of nitrogens with zero attached hydrogens (tertiary/aromatic N) is 4. The minimum Gasteiger partial charge on any atom is -0.388 e. The smallest absolute Gasteiger partial charge is 0.156 e. The Balaban J connectivity index is 2.03. The summed E-state index contributed by atoms with van der Waals surface area (Å²) in [5.41, 5.74) is 1.11. The van der Waals surface area contributed by atoms with Crippen LogP contribution in [0.5, 0.6) is 0 Å². The standard InChI is InChI=1S/C13H17N5O/c1-18(2)13-7-10(3-5-15-13)8-16-11-4-6-14-12(9-19)17-11/h3-7,19H,8-9H2,1-2H3,(H,14,16,17). The molecule has 0 fully saturated rings. The molecule has 0 aliphatic carbocycles. The summed E-state index contributed by atoms with van der Waals surface area (Å²) in [6, 6.07) is 5.74. The number of rotatable bonds is 5. The van der Waals surface area contributed by atoms with Crippen molar-refractivity contribution in [3.05, 3.63) is 42.0 Å². The Morgan fingerprint density at radius 1 is 1.21 bits per heavy atom. The van der Waals surface area contributed by atoms with E-state index in [9.17, 15) is 0 Å². The molecule has 6 nitrogen and oxygen atoms in total. The average Bonchev–Trinajstić information content (AvgIpc) is 2.45. The van der Waals surface area contributed by atoms with E-state index >= 15 is 0 Å². The van der Waals surface area contributed by atoms with Crippen molar-refractivity contribution < 1.29 is 5.11 Å². The Bertz CT molecular complexity index is 544. The van der Waals surface area contributed by atoms with E-state index in [2.05, 4.69) is 20.3 Å². The van der Waals surface area contributed by atoms with Crippen molar-refractivity contribution in [3.8, 4) is 0 Å². The van der Waals surface area contributed by atoms with Crippen molar-refractivity contribution in [2.24, 2.45) is 0 Å². The molecule has 0 atom stereocenters. The third kappa shape index (κ3) is 3.62. The first-order valence-corrected chi connectivity index (χ1v) is 5.98. The number of pyridine rings is 1. The Labute approximate surface area is 112 Å². The van der Waals surface area contributed by atoms with Gasteiger partial charge in [-0.2, -0.15) is 0 Å². The molecule has 0 bridgehead atoms. The van der Waals surface area contributed by atoms with Crippen molar-refractivity contribution >= 4 is 11.6 Å². The lowest BCUT2D eigenvalue weighted by molar-refractivity contribution is 0.271. The summed E-state index contributed by atoms with van der Waals surface area (Å²) in [7, 11) is 3.91. The Kier molecular flexibility index (Phi) is 4.25. The number of aromatic nitrogens is 3. The van der Waals surface area contributed by atoms with Gasteiger partial charge in [0.2, 0.25) is 0 Å². The Morgan fingerprint density at radius 3 is 2.74 bits per heavy atom. The van der Waals surface area contributed by atoms with Crippen LogP contribution in [0.1, 0.15) is 11.4 Å². The zero-order valence-corrected chi connectivity index (χ0v) is 11.0. The lowest BCUT2D eigenvalue weighted by Crippen LogP contribution is -2.11. The zero-order valence-electron chi connectivity index (χ0n) is 11.0.